The predicted molar refractivity (Wildman–Crippen MR) is 198 cm³/mol. The van der Waals surface area contributed by atoms with E-state index in [2.05, 4.69) is 158 Å². The minimum Gasteiger partial charge on any atom is -0.273 e. The number of hydrogen-bond donors (Lipinski definition) is 0. The third-order valence-corrected chi connectivity index (χ3v) is 9.74. The average molecular weight is 831 g/mol. The standard InChI is InChI=1S/C21H25.C13H8Br2.C5H5.2ClH.Zr/c1-20(2,3)16-9-7-14-11-15-8-10-17(21(4,5)6)13-19(15)18(14)12-16;14-12-5-1-3-10(8-12)7-11-4-2-6-13(15)9-11;1-2-4-5-3-1;;;/h7,9-10,12-13H,11H2,1-6H3;1-6,8-9H;1-3H,4H2;2*1H;/q-1;;-1;;;+2. The Bertz CT molecular complexity index is 1520. The third kappa shape index (κ3) is 10.6. The SMILES string of the molecule is Brc1cccc([C](=[Zr+2])c2cccc(Br)c2)c1.CC(C)(C)c1c[c-]c2c(c1)-c1cc(C(C)(C)C)ccc1C2.Cl.Cl.[C-]1=CC=CC1. The second-order valence-electron chi connectivity index (χ2n) is 12.7. The van der Waals surface area contributed by atoms with Crippen LogP contribution in [0.4, 0.5) is 0 Å². The number of halogens is 4. The first-order valence-electron chi connectivity index (χ1n) is 14.3. The van der Waals surface area contributed by atoms with E-state index in [9.17, 15) is 0 Å². The quantitative estimate of drug-likeness (QED) is 0.156. The molecule has 0 spiro atoms. The molecule has 0 saturated carbocycles. The maximum absolute atomic E-state index is 3.53. The van der Waals surface area contributed by atoms with Crippen LogP contribution < -0.4 is 0 Å². The van der Waals surface area contributed by atoms with Crippen molar-refractivity contribution >= 4 is 59.9 Å². The topological polar surface area (TPSA) is 0 Å². The molecular formula is C39H40Br2Cl2Zr. The predicted octanol–water partition coefficient (Wildman–Crippen LogP) is 12.1. The molecular weight excluding hydrogens is 790 g/mol. The molecule has 0 saturated heterocycles. The number of benzene rings is 4. The molecule has 0 nitrogen and oxygen atoms in total. The van der Waals surface area contributed by atoms with Crippen molar-refractivity contribution in [2.24, 2.45) is 0 Å². The number of rotatable bonds is 2. The van der Waals surface area contributed by atoms with Crippen molar-refractivity contribution < 1.29 is 24.2 Å². The zero-order valence-corrected chi connectivity index (χ0v) is 33.5. The molecule has 5 heteroatoms. The van der Waals surface area contributed by atoms with Crippen molar-refractivity contribution in [3.63, 3.8) is 0 Å². The summed E-state index contributed by atoms with van der Waals surface area (Å²) in [6, 6.07) is 31.9. The van der Waals surface area contributed by atoms with Crippen molar-refractivity contribution in [2.45, 2.75) is 65.2 Å². The molecule has 6 rings (SSSR count). The molecule has 4 aromatic carbocycles. The van der Waals surface area contributed by atoms with Gasteiger partial charge in [0.2, 0.25) is 0 Å². The summed E-state index contributed by atoms with van der Waals surface area (Å²) in [6.45, 7) is 13.6. The molecule has 0 amide bonds. The Labute approximate surface area is 309 Å². The van der Waals surface area contributed by atoms with Gasteiger partial charge in [-0.3, -0.25) is 6.08 Å². The maximum atomic E-state index is 3.53. The molecule has 0 aliphatic heterocycles. The van der Waals surface area contributed by atoms with Crippen LogP contribution in [0.5, 0.6) is 0 Å². The molecule has 0 fully saturated rings. The van der Waals surface area contributed by atoms with Crippen LogP contribution in [0, 0.1) is 12.1 Å². The molecule has 0 aromatic heterocycles. The van der Waals surface area contributed by atoms with Gasteiger partial charge in [-0.05, 0) is 17.4 Å². The Morgan fingerprint density at radius 1 is 0.727 bits per heavy atom. The first-order chi connectivity index (χ1) is 19.8. The van der Waals surface area contributed by atoms with E-state index in [4.69, 9.17) is 0 Å². The van der Waals surface area contributed by atoms with Gasteiger partial charge in [0.25, 0.3) is 0 Å². The monoisotopic (exact) mass is 826 g/mol. The van der Waals surface area contributed by atoms with Crippen LogP contribution in [0.15, 0.2) is 106 Å². The van der Waals surface area contributed by atoms with E-state index in [-0.39, 0.29) is 35.6 Å². The molecule has 0 unspecified atom stereocenters. The first-order valence-corrected chi connectivity index (χ1v) is 17.2. The van der Waals surface area contributed by atoms with Crippen molar-refractivity contribution in [1.29, 1.82) is 0 Å². The van der Waals surface area contributed by atoms with E-state index in [1.165, 1.54) is 71.9 Å². The molecule has 2 aliphatic carbocycles. The molecule has 0 heterocycles. The van der Waals surface area contributed by atoms with Crippen molar-refractivity contribution in [3.05, 3.63) is 152 Å². The van der Waals surface area contributed by atoms with Gasteiger partial charge in [-0.15, -0.1) is 36.8 Å². The van der Waals surface area contributed by atoms with E-state index in [0.717, 1.165) is 21.8 Å². The zero-order chi connectivity index (χ0) is 30.5. The van der Waals surface area contributed by atoms with E-state index >= 15 is 0 Å². The Morgan fingerprint density at radius 3 is 1.75 bits per heavy atom. The molecule has 0 radical (unpaired) electrons. The molecule has 0 N–H and O–H groups in total. The smallest absolute Gasteiger partial charge is 0.0132 e. The molecule has 2 aliphatic rings. The summed E-state index contributed by atoms with van der Waals surface area (Å²) in [5.41, 5.74) is 11.3. The minimum absolute atomic E-state index is 0. The van der Waals surface area contributed by atoms with Gasteiger partial charge in [-0.25, -0.2) is 12.2 Å². The van der Waals surface area contributed by atoms with Crippen molar-refractivity contribution in [3.8, 4) is 11.1 Å². The van der Waals surface area contributed by atoms with Crippen LogP contribution in [0.1, 0.15) is 81.3 Å². The number of fused-ring (bicyclic) bond motifs is 3. The van der Waals surface area contributed by atoms with Crippen LogP contribution in [-0.2, 0) is 41.5 Å². The van der Waals surface area contributed by atoms with E-state index in [1.54, 1.807) is 0 Å². The van der Waals surface area contributed by atoms with Crippen LogP contribution in [0.2, 0.25) is 0 Å². The van der Waals surface area contributed by atoms with Gasteiger partial charge in [0.05, 0.1) is 0 Å². The fraction of sp³-hybridized carbons (Fsp3) is 0.256. The van der Waals surface area contributed by atoms with E-state index < -0.39 is 0 Å². The zero-order valence-electron chi connectivity index (χ0n) is 26.2. The van der Waals surface area contributed by atoms with Gasteiger partial charge in [0.1, 0.15) is 0 Å². The van der Waals surface area contributed by atoms with Crippen LogP contribution >= 0.6 is 56.7 Å². The maximum Gasteiger partial charge on any atom is -0.0132 e. The fourth-order valence-corrected chi connectivity index (χ4v) is 6.34. The summed E-state index contributed by atoms with van der Waals surface area (Å²) in [5, 5.41) is 0. The van der Waals surface area contributed by atoms with Gasteiger partial charge in [-0.2, -0.15) is 35.4 Å². The van der Waals surface area contributed by atoms with E-state index in [1.807, 2.05) is 24.3 Å². The second-order valence-corrected chi connectivity index (χ2v) is 15.8. The summed E-state index contributed by atoms with van der Waals surface area (Å²) < 4.78 is 3.62. The van der Waals surface area contributed by atoms with Gasteiger partial charge in [0, 0.05) is 0 Å². The summed E-state index contributed by atoms with van der Waals surface area (Å²) >= 11 is 8.43. The van der Waals surface area contributed by atoms with Gasteiger partial charge >= 0.3 is 128 Å². The first kappa shape index (κ1) is 38.8. The Hall–Kier alpha value is -1.35. The minimum atomic E-state index is 0. The Balaban J connectivity index is 0.000000260. The van der Waals surface area contributed by atoms with Crippen LogP contribution in [0.3, 0.4) is 0 Å². The number of allylic oxidation sites excluding steroid dienone is 4. The van der Waals surface area contributed by atoms with E-state index in [0.29, 0.717) is 0 Å². The molecule has 228 valence electrons. The molecule has 44 heavy (non-hydrogen) atoms. The normalized spacial score (nSPS) is 12.4. The summed E-state index contributed by atoms with van der Waals surface area (Å²) in [7, 11) is 0. The van der Waals surface area contributed by atoms with Crippen LogP contribution in [0.25, 0.3) is 11.1 Å². The second kappa shape index (κ2) is 17.0. The summed E-state index contributed by atoms with van der Waals surface area (Å²) in [5.74, 6) is 0. The van der Waals surface area contributed by atoms with Gasteiger partial charge in [0.15, 0.2) is 0 Å². The Kier molecular flexibility index (Phi) is 15.0. The fourth-order valence-electron chi connectivity index (χ4n) is 4.78. The summed E-state index contributed by atoms with van der Waals surface area (Å²) in [6.07, 6.45) is 11.0. The van der Waals surface area contributed by atoms with Crippen LogP contribution in [-0.4, -0.2) is 3.21 Å². The van der Waals surface area contributed by atoms with Crippen molar-refractivity contribution in [2.75, 3.05) is 0 Å². The molecule has 4 aromatic rings. The molecule has 0 bridgehead atoms. The third-order valence-electron chi connectivity index (χ3n) is 7.34. The summed E-state index contributed by atoms with van der Waals surface area (Å²) in [4.78, 5) is 0. The van der Waals surface area contributed by atoms with Gasteiger partial charge in [-0.1, -0.05) is 76.3 Å². The Morgan fingerprint density at radius 2 is 1.30 bits per heavy atom. The number of hydrogen-bond acceptors (Lipinski definition) is 0. The van der Waals surface area contributed by atoms with Crippen molar-refractivity contribution in [1.82, 2.24) is 0 Å². The van der Waals surface area contributed by atoms with Gasteiger partial charge < -0.3 is 0 Å². The average Bonchev–Trinajstić information content (AvgIpc) is 3.63. The largest absolute Gasteiger partial charge is 0.273 e. The molecule has 0 atom stereocenters.